The Balaban J connectivity index is 1.90. The monoisotopic (exact) mass is 671 g/mol. The molecule has 1 aromatic carbocycles. The number of rotatable bonds is 13. The van der Waals surface area contributed by atoms with Crippen molar-refractivity contribution in [3.05, 3.63) is 57.5 Å². The molecule has 0 fully saturated rings. The number of alkyl halides is 7. The molecule has 0 saturated carbocycles. The van der Waals surface area contributed by atoms with E-state index in [2.05, 4.69) is 25.5 Å². The molecular formula is C23H19F8N8O5S-. The quantitative estimate of drug-likeness (QED) is 0.0653. The molecule has 0 bridgehead atoms. The molecular weight excluding hydrogens is 652 g/mol. The van der Waals surface area contributed by atoms with Gasteiger partial charge >= 0.3 is 24.0 Å². The summed E-state index contributed by atoms with van der Waals surface area (Å²) in [5.74, 6) is -17.7. The fourth-order valence-electron chi connectivity index (χ4n) is 3.23. The van der Waals surface area contributed by atoms with Gasteiger partial charge in [-0.2, -0.15) is 30.7 Å². The van der Waals surface area contributed by atoms with Crippen LogP contribution in [0.4, 0.5) is 46.6 Å². The first-order chi connectivity index (χ1) is 20.8. The zero-order valence-corrected chi connectivity index (χ0v) is 23.6. The number of aliphatic imine (C=N–C) groups is 1. The molecule has 45 heavy (non-hydrogen) atoms. The largest absolute Gasteiger partial charge is 0.858 e. The van der Waals surface area contributed by atoms with E-state index in [1.807, 2.05) is 0 Å². The minimum atomic E-state index is -6.70. The lowest BCUT2D eigenvalue weighted by Crippen LogP contribution is -2.50. The van der Waals surface area contributed by atoms with Crippen LogP contribution in [0.1, 0.15) is 17.5 Å². The maximum absolute atomic E-state index is 14.5. The van der Waals surface area contributed by atoms with Crippen molar-refractivity contribution >= 4 is 35.1 Å². The van der Waals surface area contributed by atoms with E-state index in [1.54, 1.807) is 19.0 Å². The maximum Gasteiger partial charge on any atom is 0.460 e. The van der Waals surface area contributed by atoms with Gasteiger partial charge in [0.15, 0.2) is 11.6 Å². The van der Waals surface area contributed by atoms with E-state index in [-0.39, 0.29) is 35.8 Å². The summed E-state index contributed by atoms with van der Waals surface area (Å²) in [6, 6.07) is 2.39. The Hall–Kier alpha value is -4.47. The average Bonchev–Trinajstić information content (AvgIpc) is 3.38. The highest BCUT2D eigenvalue weighted by molar-refractivity contribution is 7.99. The summed E-state index contributed by atoms with van der Waals surface area (Å²) in [5.41, 5.74) is -3.37. The van der Waals surface area contributed by atoms with Crippen LogP contribution in [0.25, 0.3) is 0 Å². The number of non-ortho nitro benzene ring substituents is 1. The van der Waals surface area contributed by atoms with Crippen molar-refractivity contribution in [3.63, 3.8) is 0 Å². The SMILES string of the molecule is CN(C)CCC(=O)OCCn1nnnc1Sc1ccc([N+](=O)[O-])cc1/C([O-])=N/c1ncc(C(F)(F)C(F)(F)C(F)(F)F)cc1F. The van der Waals surface area contributed by atoms with E-state index in [9.17, 15) is 55.1 Å². The Morgan fingerprint density at radius 1 is 1.16 bits per heavy atom. The van der Waals surface area contributed by atoms with Gasteiger partial charge in [-0.1, -0.05) is 0 Å². The molecule has 0 saturated heterocycles. The second kappa shape index (κ2) is 13.7. The highest BCUT2D eigenvalue weighted by Crippen LogP contribution is 2.51. The van der Waals surface area contributed by atoms with Crippen molar-refractivity contribution in [2.24, 2.45) is 4.99 Å². The molecule has 0 radical (unpaired) electrons. The molecule has 13 nitrogen and oxygen atoms in total. The van der Waals surface area contributed by atoms with Gasteiger partial charge < -0.3 is 14.7 Å². The first-order valence-electron chi connectivity index (χ1n) is 12.1. The van der Waals surface area contributed by atoms with Crippen LogP contribution in [-0.2, 0) is 22.0 Å². The Labute approximate surface area is 251 Å². The number of nitro benzene ring substituents is 1. The lowest BCUT2D eigenvalue weighted by Gasteiger charge is -2.28. The molecule has 2 heterocycles. The zero-order chi connectivity index (χ0) is 33.7. The number of aromatic nitrogens is 5. The second-order valence-corrected chi connectivity index (χ2v) is 10.1. The lowest BCUT2D eigenvalue weighted by molar-refractivity contribution is -0.385. The highest BCUT2D eigenvalue weighted by atomic mass is 32.2. The summed E-state index contributed by atoms with van der Waals surface area (Å²) in [6.45, 7) is 0.237. The number of carbonyl (C=O) groups is 1. The van der Waals surface area contributed by atoms with E-state index < -0.39 is 69.3 Å². The molecule has 22 heteroatoms. The molecule has 0 amide bonds. The third kappa shape index (κ3) is 8.17. The van der Waals surface area contributed by atoms with Crippen molar-refractivity contribution in [2.75, 3.05) is 27.2 Å². The van der Waals surface area contributed by atoms with Crippen LogP contribution in [0.5, 0.6) is 0 Å². The molecule has 0 aliphatic heterocycles. The highest BCUT2D eigenvalue weighted by Gasteiger charge is 2.73. The zero-order valence-electron chi connectivity index (χ0n) is 22.8. The summed E-state index contributed by atoms with van der Waals surface area (Å²) >= 11 is 0.668. The molecule has 3 rings (SSSR count). The fourth-order valence-corrected chi connectivity index (χ4v) is 4.13. The third-order valence-corrected chi connectivity index (χ3v) is 6.63. The molecule has 3 aromatic rings. The van der Waals surface area contributed by atoms with Crippen LogP contribution in [0, 0.1) is 15.9 Å². The van der Waals surface area contributed by atoms with Gasteiger partial charge in [-0.15, -0.1) is 5.10 Å². The van der Waals surface area contributed by atoms with E-state index >= 15 is 0 Å². The number of benzene rings is 1. The summed E-state index contributed by atoms with van der Waals surface area (Å²) in [6.07, 6.45) is -6.81. The van der Waals surface area contributed by atoms with Gasteiger partial charge in [0.05, 0.1) is 17.9 Å². The van der Waals surface area contributed by atoms with Gasteiger partial charge in [-0.3, -0.25) is 14.9 Å². The van der Waals surface area contributed by atoms with Gasteiger partial charge in [-0.05, 0) is 54.3 Å². The molecule has 244 valence electrons. The van der Waals surface area contributed by atoms with Gasteiger partial charge in [0.1, 0.15) is 6.61 Å². The number of hydrogen-bond donors (Lipinski definition) is 0. The van der Waals surface area contributed by atoms with Crippen molar-refractivity contribution in [1.29, 1.82) is 0 Å². The summed E-state index contributed by atoms with van der Waals surface area (Å²) < 4.78 is 113. The van der Waals surface area contributed by atoms with E-state index in [4.69, 9.17) is 4.74 Å². The minimum absolute atomic E-state index is 0.0104. The molecule has 0 atom stereocenters. The summed E-state index contributed by atoms with van der Waals surface area (Å²) in [7, 11) is 3.52. The number of halogens is 8. The van der Waals surface area contributed by atoms with Crippen molar-refractivity contribution in [1.82, 2.24) is 30.1 Å². The standard InChI is InChI=1S/C23H20F8N8O5S/c1-37(2)6-5-17(40)44-8-7-38-20(34-35-36-38)45-16-4-3-13(39(42)43)10-14(16)19(41)33-18-15(24)9-12(11-32-18)21(25,26)22(27,28)23(29,30)31/h3-4,9-11H,5-8H2,1-2H3,(H,32,33,41)/p-1. The summed E-state index contributed by atoms with van der Waals surface area (Å²) in [4.78, 5) is 30.1. The van der Waals surface area contributed by atoms with Crippen LogP contribution in [-0.4, -0.2) is 86.2 Å². The lowest BCUT2D eigenvalue weighted by atomic mass is 10.0. The summed E-state index contributed by atoms with van der Waals surface area (Å²) in [5, 5.41) is 35.2. The normalized spacial score (nSPS) is 12.9. The van der Waals surface area contributed by atoms with E-state index in [0.29, 0.717) is 18.3 Å². The number of nitro groups is 1. The van der Waals surface area contributed by atoms with Crippen molar-refractivity contribution in [2.45, 2.75) is 41.0 Å². The van der Waals surface area contributed by atoms with Crippen LogP contribution in [0.3, 0.4) is 0 Å². The number of nitrogens with zero attached hydrogens (tertiary/aromatic N) is 8. The van der Waals surface area contributed by atoms with Gasteiger partial charge in [0.2, 0.25) is 5.16 Å². The van der Waals surface area contributed by atoms with Gasteiger partial charge in [0.25, 0.3) is 5.69 Å². The Bertz CT molecular complexity index is 1590. The molecule has 0 spiro atoms. The smallest absolute Gasteiger partial charge is 0.460 e. The molecule has 0 N–H and O–H groups in total. The number of ether oxygens (including phenoxy) is 1. The number of esters is 1. The number of hydrogen-bond acceptors (Lipinski definition) is 12. The first kappa shape index (κ1) is 35.0. The third-order valence-electron chi connectivity index (χ3n) is 5.58. The Kier molecular flexibility index (Phi) is 10.6. The Morgan fingerprint density at radius 2 is 1.84 bits per heavy atom. The minimum Gasteiger partial charge on any atom is -0.858 e. The van der Waals surface area contributed by atoms with Crippen molar-refractivity contribution < 1.29 is 54.7 Å². The molecule has 0 unspecified atom stereocenters. The molecule has 0 aliphatic rings. The Morgan fingerprint density at radius 3 is 2.44 bits per heavy atom. The van der Waals surface area contributed by atoms with Crippen LogP contribution in [0.2, 0.25) is 0 Å². The average molecular weight is 672 g/mol. The van der Waals surface area contributed by atoms with Crippen molar-refractivity contribution in [3.8, 4) is 0 Å². The topological polar surface area (TPSA) is 165 Å². The van der Waals surface area contributed by atoms with E-state index in [0.717, 1.165) is 22.9 Å². The second-order valence-electron chi connectivity index (χ2n) is 9.09. The van der Waals surface area contributed by atoms with Gasteiger partial charge in [0, 0.05) is 40.9 Å². The predicted molar refractivity (Wildman–Crippen MR) is 134 cm³/mol. The fraction of sp³-hybridized carbons (Fsp3) is 0.391. The van der Waals surface area contributed by atoms with E-state index in [1.165, 1.54) is 0 Å². The van der Waals surface area contributed by atoms with Crippen LogP contribution < -0.4 is 5.11 Å². The number of tetrazole rings is 1. The predicted octanol–water partition coefficient (Wildman–Crippen LogP) is 3.49. The molecule has 2 aromatic heterocycles. The maximum atomic E-state index is 14.5. The van der Waals surface area contributed by atoms with Crippen LogP contribution in [0.15, 0.2) is 45.5 Å². The first-order valence-corrected chi connectivity index (χ1v) is 12.9. The van der Waals surface area contributed by atoms with Gasteiger partial charge in [-0.25, -0.2) is 19.0 Å². The number of pyridine rings is 1. The van der Waals surface area contributed by atoms with Crippen LogP contribution >= 0.6 is 11.8 Å². The molecule has 0 aliphatic carbocycles. The number of carbonyl (C=O) groups excluding carboxylic acids is 1.